The fraction of sp³-hybridized carbons (Fsp3) is 0.400. The second kappa shape index (κ2) is 6.74. The molecule has 0 heteroatoms. The summed E-state index contributed by atoms with van der Waals surface area (Å²) in [6.45, 7) is 0. The van der Waals surface area contributed by atoms with Crippen LogP contribution in [0.25, 0.3) is 0 Å². The van der Waals surface area contributed by atoms with Crippen molar-refractivity contribution in [2.24, 2.45) is 5.92 Å². The van der Waals surface area contributed by atoms with E-state index >= 15 is 0 Å². The van der Waals surface area contributed by atoms with Gasteiger partial charge in [0.25, 0.3) is 0 Å². The largest absolute Gasteiger partial charge is 0.0622 e. The SMILES string of the molecule is c1ccc(C(c2ccccc2)C2CCCCCC2)cc1. The van der Waals surface area contributed by atoms with Crippen molar-refractivity contribution in [3.05, 3.63) is 71.8 Å². The van der Waals surface area contributed by atoms with Gasteiger partial charge in [0.2, 0.25) is 0 Å². The molecule has 1 aliphatic carbocycles. The van der Waals surface area contributed by atoms with Gasteiger partial charge in [-0.15, -0.1) is 0 Å². The van der Waals surface area contributed by atoms with Crippen LogP contribution >= 0.6 is 0 Å². The lowest BCUT2D eigenvalue weighted by atomic mass is 9.77. The van der Waals surface area contributed by atoms with Crippen LogP contribution in [0.4, 0.5) is 0 Å². The molecule has 1 fully saturated rings. The van der Waals surface area contributed by atoms with Crippen LogP contribution < -0.4 is 0 Å². The monoisotopic (exact) mass is 264 g/mol. The fourth-order valence-corrected chi connectivity index (χ4v) is 3.70. The Morgan fingerprint density at radius 2 is 1.05 bits per heavy atom. The number of hydrogen-bond acceptors (Lipinski definition) is 0. The first-order valence-corrected chi connectivity index (χ1v) is 8.05. The van der Waals surface area contributed by atoms with Crippen molar-refractivity contribution in [3.63, 3.8) is 0 Å². The molecule has 0 radical (unpaired) electrons. The third-order valence-corrected chi connectivity index (χ3v) is 4.69. The maximum absolute atomic E-state index is 2.31. The van der Waals surface area contributed by atoms with E-state index in [1.807, 2.05) is 0 Å². The van der Waals surface area contributed by atoms with Gasteiger partial charge in [-0.05, 0) is 29.9 Å². The van der Waals surface area contributed by atoms with Crippen molar-refractivity contribution in [2.45, 2.75) is 44.4 Å². The minimum Gasteiger partial charge on any atom is -0.0622 e. The normalized spacial score (nSPS) is 17.1. The Labute approximate surface area is 122 Å². The van der Waals surface area contributed by atoms with E-state index in [-0.39, 0.29) is 0 Å². The van der Waals surface area contributed by atoms with Gasteiger partial charge in [-0.3, -0.25) is 0 Å². The van der Waals surface area contributed by atoms with E-state index in [0.29, 0.717) is 5.92 Å². The van der Waals surface area contributed by atoms with Gasteiger partial charge >= 0.3 is 0 Å². The molecule has 2 aromatic rings. The Balaban J connectivity index is 1.95. The number of benzene rings is 2. The van der Waals surface area contributed by atoms with E-state index in [0.717, 1.165) is 5.92 Å². The topological polar surface area (TPSA) is 0 Å². The molecule has 3 rings (SSSR count). The Kier molecular flexibility index (Phi) is 4.53. The van der Waals surface area contributed by atoms with Gasteiger partial charge in [-0.1, -0.05) is 86.3 Å². The maximum atomic E-state index is 2.31. The smallest absolute Gasteiger partial charge is 0.0118 e. The molecule has 20 heavy (non-hydrogen) atoms. The van der Waals surface area contributed by atoms with Crippen molar-refractivity contribution in [1.29, 1.82) is 0 Å². The maximum Gasteiger partial charge on any atom is 0.0118 e. The van der Waals surface area contributed by atoms with Crippen LogP contribution in [0.2, 0.25) is 0 Å². The Hall–Kier alpha value is -1.56. The van der Waals surface area contributed by atoms with E-state index in [2.05, 4.69) is 60.7 Å². The number of rotatable bonds is 3. The molecule has 1 aliphatic rings. The molecule has 0 aliphatic heterocycles. The quantitative estimate of drug-likeness (QED) is 0.616. The molecule has 0 spiro atoms. The van der Waals surface area contributed by atoms with Crippen molar-refractivity contribution in [2.75, 3.05) is 0 Å². The van der Waals surface area contributed by atoms with E-state index in [9.17, 15) is 0 Å². The molecule has 2 aromatic carbocycles. The average molecular weight is 264 g/mol. The summed E-state index contributed by atoms with van der Waals surface area (Å²) in [5.41, 5.74) is 2.98. The van der Waals surface area contributed by atoms with Gasteiger partial charge in [0.1, 0.15) is 0 Å². The molecule has 1 saturated carbocycles. The molecule has 0 N–H and O–H groups in total. The molecule has 0 amide bonds. The van der Waals surface area contributed by atoms with Crippen LogP contribution in [-0.4, -0.2) is 0 Å². The summed E-state index contributed by atoms with van der Waals surface area (Å²) in [4.78, 5) is 0. The van der Waals surface area contributed by atoms with Gasteiger partial charge < -0.3 is 0 Å². The van der Waals surface area contributed by atoms with Gasteiger partial charge in [-0.25, -0.2) is 0 Å². The molecule has 0 bridgehead atoms. The van der Waals surface area contributed by atoms with Gasteiger partial charge in [0.15, 0.2) is 0 Å². The zero-order valence-electron chi connectivity index (χ0n) is 12.2. The minimum absolute atomic E-state index is 0.579. The average Bonchev–Trinajstić information content (AvgIpc) is 2.79. The summed E-state index contributed by atoms with van der Waals surface area (Å²) in [6, 6.07) is 22.2. The lowest BCUT2D eigenvalue weighted by molar-refractivity contribution is 0.412. The molecule has 0 heterocycles. The standard InChI is InChI=1S/C20H24/c1-2-6-12-17(11-5-1)20(18-13-7-3-8-14-18)19-15-9-4-10-16-19/h3-4,7-10,13-17,20H,1-2,5-6,11-12H2. The van der Waals surface area contributed by atoms with E-state index < -0.39 is 0 Å². The predicted octanol–water partition coefficient (Wildman–Crippen LogP) is 5.79. The van der Waals surface area contributed by atoms with Gasteiger partial charge in [0.05, 0.1) is 0 Å². The second-order valence-corrected chi connectivity index (χ2v) is 6.05. The summed E-state index contributed by atoms with van der Waals surface area (Å²) in [7, 11) is 0. The van der Waals surface area contributed by atoms with Gasteiger partial charge in [0, 0.05) is 5.92 Å². The summed E-state index contributed by atoms with van der Waals surface area (Å²) in [5.74, 6) is 1.39. The van der Waals surface area contributed by atoms with E-state index in [1.165, 1.54) is 49.7 Å². The highest BCUT2D eigenvalue weighted by molar-refractivity contribution is 5.33. The molecular formula is C20H24. The van der Waals surface area contributed by atoms with Crippen LogP contribution in [0.15, 0.2) is 60.7 Å². The van der Waals surface area contributed by atoms with Crippen molar-refractivity contribution < 1.29 is 0 Å². The second-order valence-electron chi connectivity index (χ2n) is 6.05. The van der Waals surface area contributed by atoms with Crippen LogP contribution in [0.3, 0.4) is 0 Å². The third-order valence-electron chi connectivity index (χ3n) is 4.69. The van der Waals surface area contributed by atoms with E-state index in [1.54, 1.807) is 0 Å². The molecule has 0 saturated heterocycles. The first kappa shape index (κ1) is 13.4. The third kappa shape index (κ3) is 3.12. The summed E-state index contributed by atoms with van der Waals surface area (Å²) >= 11 is 0. The highest BCUT2D eigenvalue weighted by Crippen LogP contribution is 2.39. The Morgan fingerprint density at radius 1 is 0.600 bits per heavy atom. The highest BCUT2D eigenvalue weighted by Gasteiger charge is 2.25. The molecule has 0 aromatic heterocycles. The Bertz CT molecular complexity index is 453. The van der Waals surface area contributed by atoms with Crippen molar-refractivity contribution >= 4 is 0 Å². The minimum atomic E-state index is 0.579. The van der Waals surface area contributed by atoms with Crippen LogP contribution in [0.5, 0.6) is 0 Å². The van der Waals surface area contributed by atoms with Crippen LogP contribution in [-0.2, 0) is 0 Å². The Morgan fingerprint density at radius 3 is 1.50 bits per heavy atom. The first-order chi connectivity index (χ1) is 9.95. The molecule has 104 valence electrons. The summed E-state index contributed by atoms with van der Waals surface area (Å²) < 4.78 is 0. The van der Waals surface area contributed by atoms with Crippen LogP contribution in [0, 0.1) is 5.92 Å². The zero-order chi connectivity index (χ0) is 13.6. The predicted molar refractivity (Wildman–Crippen MR) is 85.9 cm³/mol. The summed E-state index contributed by atoms with van der Waals surface area (Å²) in [6.07, 6.45) is 8.42. The lowest BCUT2D eigenvalue weighted by Crippen LogP contribution is -2.14. The van der Waals surface area contributed by atoms with E-state index in [4.69, 9.17) is 0 Å². The zero-order valence-corrected chi connectivity index (χ0v) is 12.2. The molecule has 0 unspecified atom stereocenters. The molecule has 0 atom stereocenters. The summed E-state index contributed by atoms with van der Waals surface area (Å²) in [5, 5.41) is 0. The van der Waals surface area contributed by atoms with Crippen LogP contribution in [0.1, 0.15) is 55.6 Å². The lowest BCUT2D eigenvalue weighted by Gasteiger charge is -2.27. The highest BCUT2D eigenvalue weighted by atomic mass is 14.3. The molecular weight excluding hydrogens is 240 g/mol. The van der Waals surface area contributed by atoms with Crippen molar-refractivity contribution in [1.82, 2.24) is 0 Å². The first-order valence-electron chi connectivity index (χ1n) is 8.05. The molecule has 0 nitrogen and oxygen atoms in total. The van der Waals surface area contributed by atoms with Crippen molar-refractivity contribution in [3.8, 4) is 0 Å². The van der Waals surface area contributed by atoms with Gasteiger partial charge in [-0.2, -0.15) is 0 Å². The fourth-order valence-electron chi connectivity index (χ4n) is 3.70. The number of hydrogen-bond donors (Lipinski definition) is 0.